The first-order valence-corrected chi connectivity index (χ1v) is 10.8. The molecule has 1 amide bonds. The smallest absolute Gasteiger partial charge is 0.344 e. The fourth-order valence-corrected chi connectivity index (χ4v) is 3.70. The van der Waals surface area contributed by atoms with Crippen LogP contribution >= 0.6 is 27.5 Å². The Balaban J connectivity index is 1.55. The lowest BCUT2D eigenvalue weighted by molar-refractivity contribution is 0.0736. The molecule has 32 heavy (non-hydrogen) atoms. The van der Waals surface area contributed by atoms with E-state index in [0.29, 0.717) is 27.5 Å². The Labute approximate surface area is 197 Å². The number of nitrogens with one attached hydrogen (secondary N) is 1. The molecule has 0 aliphatic rings. The Morgan fingerprint density at radius 1 is 0.938 bits per heavy atom. The number of carbonyl (C=O) groups excluding carboxylic acids is 2. The number of hydrogen-bond acceptors (Lipinski definition) is 4. The molecule has 0 bridgehead atoms. The average Bonchev–Trinajstić information content (AvgIpc) is 2.80. The molecule has 7 heteroatoms. The SMILES string of the molecule is O=C(N/N=C\c1cc(Br)ccc1OC(=O)c1cccc2ccccc12)c1cccc(Cl)c1. The molecule has 1 N–H and O–H groups in total. The number of amides is 1. The van der Waals surface area contributed by atoms with Crippen LogP contribution in [0.5, 0.6) is 5.75 Å². The Kier molecular flexibility index (Phi) is 6.63. The third kappa shape index (κ3) is 5.04. The summed E-state index contributed by atoms with van der Waals surface area (Å²) in [6, 6.07) is 24.8. The first-order valence-electron chi connectivity index (χ1n) is 9.60. The molecule has 0 heterocycles. The minimum Gasteiger partial charge on any atom is -0.422 e. The van der Waals surface area contributed by atoms with Crippen LogP contribution in [0, 0.1) is 0 Å². The highest BCUT2D eigenvalue weighted by molar-refractivity contribution is 9.10. The number of hydrazone groups is 1. The van der Waals surface area contributed by atoms with Crippen LogP contribution in [0.1, 0.15) is 26.3 Å². The van der Waals surface area contributed by atoms with Crippen LogP contribution in [-0.4, -0.2) is 18.1 Å². The maximum atomic E-state index is 12.9. The molecular formula is C25H16BrClN2O3. The Morgan fingerprint density at radius 2 is 1.72 bits per heavy atom. The zero-order valence-corrected chi connectivity index (χ0v) is 18.9. The summed E-state index contributed by atoms with van der Waals surface area (Å²) in [6.07, 6.45) is 1.42. The van der Waals surface area contributed by atoms with Crippen molar-refractivity contribution in [3.8, 4) is 5.75 Å². The standard InChI is InChI=1S/C25H16BrClN2O3/c26-19-11-12-23(32-25(31)22-10-4-6-16-5-1-2-9-21(16)22)18(13-19)15-28-29-24(30)17-7-3-8-20(27)14-17/h1-15H,(H,29,30)/b28-15-. The van der Waals surface area contributed by atoms with Crippen molar-refractivity contribution in [3.63, 3.8) is 0 Å². The molecule has 0 aliphatic carbocycles. The molecule has 0 atom stereocenters. The van der Waals surface area contributed by atoms with Crippen LogP contribution in [0.4, 0.5) is 0 Å². The number of nitrogens with zero attached hydrogens (tertiary/aromatic N) is 1. The minimum absolute atomic E-state index is 0.312. The van der Waals surface area contributed by atoms with Crippen LogP contribution in [0.2, 0.25) is 5.02 Å². The molecule has 0 fully saturated rings. The first kappa shape index (κ1) is 21.7. The van der Waals surface area contributed by atoms with E-state index in [1.807, 2.05) is 36.4 Å². The van der Waals surface area contributed by atoms with Gasteiger partial charge in [0, 0.05) is 20.6 Å². The summed E-state index contributed by atoms with van der Waals surface area (Å²) >= 11 is 9.32. The summed E-state index contributed by atoms with van der Waals surface area (Å²) in [6.45, 7) is 0. The van der Waals surface area contributed by atoms with E-state index < -0.39 is 11.9 Å². The highest BCUT2D eigenvalue weighted by Gasteiger charge is 2.14. The van der Waals surface area contributed by atoms with Gasteiger partial charge in [-0.05, 0) is 53.2 Å². The molecule has 0 saturated heterocycles. The van der Waals surface area contributed by atoms with E-state index >= 15 is 0 Å². The van der Waals surface area contributed by atoms with Crippen molar-refractivity contribution in [1.29, 1.82) is 0 Å². The molecule has 0 aromatic heterocycles. The second-order valence-corrected chi connectivity index (χ2v) is 8.16. The summed E-state index contributed by atoms with van der Waals surface area (Å²) in [7, 11) is 0. The van der Waals surface area contributed by atoms with Gasteiger partial charge in [-0.2, -0.15) is 5.10 Å². The van der Waals surface area contributed by atoms with E-state index in [1.54, 1.807) is 48.5 Å². The number of fused-ring (bicyclic) bond motifs is 1. The van der Waals surface area contributed by atoms with Gasteiger partial charge in [0.25, 0.3) is 5.91 Å². The zero-order chi connectivity index (χ0) is 22.5. The van der Waals surface area contributed by atoms with Crippen molar-refractivity contribution < 1.29 is 14.3 Å². The predicted molar refractivity (Wildman–Crippen MR) is 130 cm³/mol. The fourth-order valence-electron chi connectivity index (χ4n) is 3.13. The quantitative estimate of drug-likeness (QED) is 0.150. The largest absolute Gasteiger partial charge is 0.422 e. The lowest BCUT2D eigenvalue weighted by Crippen LogP contribution is -2.17. The van der Waals surface area contributed by atoms with E-state index in [4.69, 9.17) is 16.3 Å². The molecule has 0 saturated carbocycles. The van der Waals surface area contributed by atoms with Gasteiger partial charge in [-0.1, -0.05) is 70.0 Å². The maximum Gasteiger partial charge on any atom is 0.344 e. The zero-order valence-electron chi connectivity index (χ0n) is 16.6. The van der Waals surface area contributed by atoms with Crippen LogP contribution in [0.3, 0.4) is 0 Å². The molecule has 5 nitrogen and oxygen atoms in total. The van der Waals surface area contributed by atoms with Gasteiger partial charge in [0.05, 0.1) is 11.8 Å². The van der Waals surface area contributed by atoms with Crippen LogP contribution in [-0.2, 0) is 0 Å². The summed E-state index contributed by atoms with van der Waals surface area (Å²) in [4.78, 5) is 25.2. The van der Waals surface area contributed by atoms with E-state index in [0.717, 1.165) is 15.2 Å². The first-order chi connectivity index (χ1) is 15.5. The number of carbonyl (C=O) groups is 2. The van der Waals surface area contributed by atoms with Gasteiger partial charge in [-0.3, -0.25) is 4.79 Å². The second kappa shape index (κ2) is 9.77. The van der Waals surface area contributed by atoms with Gasteiger partial charge in [-0.15, -0.1) is 0 Å². The third-order valence-electron chi connectivity index (χ3n) is 4.64. The molecule has 4 rings (SSSR count). The number of ether oxygens (including phenoxy) is 1. The summed E-state index contributed by atoms with van der Waals surface area (Å²) in [5.74, 6) is -0.582. The van der Waals surface area contributed by atoms with Crippen molar-refractivity contribution in [2.45, 2.75) is 0 Å². The predicted octanol–water partition coefficient (Wildman–Crippen LogP) is 6.24. The summed E-state index contributed by atoms with van der Waals surface area (Å²) in [5.41, 5.74) is 3.80. The van der Waals surface area contributed by atoms with Gasteiger partial charge < -0.3 is 4.74 Å². The van der Waals surface area contributed by atoms with E-state index in [-0.39, 0.29) is 0 Å². The lowest BCUT2D eigenvalue weighted by atomic mass is 10.0. The Bertz CT molecular complexity index is 1350. The normalized spacial score (nSPS) is 10.9. The topological polar surface area (TPSA) is 67.8 Å². The van der Waals surface area contributed by atoms with Crippen molar-refractivity contribution >= 4 is 56.4 Å². The number of hydrogen-bond donors (Lipinski definition) is 1. The van der Waals surface area contributed by atoms with Crippen molar-refractivity contribution in [3.05, 3.63) is 111 Å². The average molecular weight is 508 g/mol. The summed E-state index contributed by atoms with van der Waals surface area (Å²) < 4.78 is 6.44. The maximum absolute atomic E-state index is 12.9. The van der Waals surface area contributed by atoms with E-state index in [9.17, 15) is 9.59 Å². The van der Waals surface area contributed by atoms with Crippen LogP contribution in [0.15, 0.2) is 94.5 Å². The van der Waals surface area contributed by atoms with Crippen LogP contribution in [0.25, 0.3) is 10.8 Å². The highest BCUT2D eigenvalue weighted by atomic mass is 79.9. The highest BCUT2D eigenvalue weighted by Crippen LogP contribution is 2.25. The molecular weight excluding hydrogens is 492 g/mol. The van der Waals surface area contributed by atoms with Gasteiger partial charge in [0.2, 0.25) is 0 Å². The number of rotatable bonds is 5. The van der Waals surface area contributed by atoms with Gasteiger partial charge in [0.15, 0.2) is 0 Å². The van der Waals surface area contributed by atoms with Crippen molar-refractivity contribution in [2.24, 2.45) is 5.10 Å². The molecule has 158 valence electrons. The molecule has 4 aromatic rings. The van der Waals surface area contributed by atoms with Crippen LogP contribution < -0.4 is 10.2 Å². The van der Waals surface area contributed by atoms with E-state index in [1.165, 1.54) is 6.21 Å². The van der Waals surface area contributed by atoms with Gasteiger partial charge in [-0.25, -0.2) is 10.2 Å². The Morgan fingerprint density at radius 3 is 2.56 bits per heavy atom. The van der Waals surface area contributed by atoms with Crippen molar-refractivity contribution in [2.75, 3.05) is 0 Å². The molecule has 0 unspecified atom stereocenters. The fraction of sp³-hybridized carbons (Fsp3) is 0. The van der Waals surface area contributed by atoms with E-state index in [2.05, 4.69) is 26.5 Å². The number of esters is 1. The van der Waals surface area contributed by atoms with Crippen molar-refractivity contribution in [1.82, 2.24) is 5.43 Å². The molecule has 4 aromatic carbocycles. The second-order valence-electron chi connectivity index (χ2n) is 6.81. The van der Waals surface area contributed by atoms with Gasteiger partial charge in [0.1, 0.15) is 5.75 Å². The molecule has 0 radical (unpaired) electrons. The monoisotopic (exact) mass is 506 g/mol. The minimum atomic E-state index is -0.485. The third-order valence-corrected chi connectivity index (χ3v) is 5.37. The number of benzene rings is 4. The molecule has 0 aliphatic heterocycles. The number of halogens is 2. The van der Waals surface area contributed by atoms with Gasteiger partial charge >= 0.3 is 5.97 Å². The summed E-state index contributed by atoms with van der Waals surface area (Å²) in [5, 5.41) is 6.21. The molecule has 0 spiro atoms. The Hall–Kier alpha value is -3.48. The lowest BCUT2D eigenvalue weighted by Gasteiger charge is -2.10.